The van der Waals surface area contributed by atoms with Gasteiger partial charge in [0, 0.05) is 44.6 Å². The Kier molecular flexibility index (Phi) is 14.7. The predicted molar refractivity (Wildman–Crippen MR) is 163 cm³/mol. The Hall–Kier alpha value is -2.89. The molecule has 0 spiro atoms. The number of aromatic nitrogens is 4. The first kappa shape index (κ1) is 35.6. The molecule has 0 saturated carbocycles. The Bertz CT molecular complexity index is 1470. The zero-order valence-corrected chi connectivity index (χ0v) is 28.2. The maximum atomic E-state index is 13.4. The molecule has 0 aliphatic carbocycles. The first-order valence-corrected chi connectivity index (χ1v) is 14.7. The maximum absolute atomic E-state index is 13.4. The maximum Gasteiger partial charge on any atom is 1.00 e. The van der Waals surface area contributed by atoms with Crippen LogP contribution in [-0.4, -0.2) is 60.3 Å². The van der Waals surface area contributed by atoms with Crippen molar-refractivity contribution >= 4 is 23.2 Å². The molecule has 44 heavy (non-hydrogen) atoms. The van der Waals surface area contributed by atoms with Gasteiger partial charge in [-0.2, -0.15) is 7.11 Å². The van der Waals surface area contributed by atoms with Crippen LogP contribution >= 0.6 is 11.6 Å². The van der Waals surface area contributed by atoms with Crippen LogP contribution < -0.4 is 49.2 Å². The monoisotopic (exact) mass is 632 g/mol. The van der Waals surface area contributed by atoms with Crippen molar-refractivity contribution in [3.63, 3.8) is 0 Å². The molecule has 0 amide bonds. The van der Waals surface area contributed by atoms with Crippen LogP contribution in [0.4, 0.5) is 20.4 Å². The molecule has 4 aromatic rings. The number of rotatable bonds is 7. The Balaban J connectivity index is 0.000000223. The van der Waals surface area contributed by atoms with Gasteiger partial charge >= 0.3 is 29.6 Å². The van der Waals surface area contributed by atoms with E-state index in [1.807, 2.05) is 12.1 Å². The molecule has 6 rings (SSSR count). The van der Waals surface area contributed by atoms with E-state index in [9.17, 15) is 8.78 Å². The van der Waals surface area contributed by atoms with Crippen LogP contribution in [0.3, 0.4) is 0 Å². The molecule has 0 bridgehead atoms. The Labute approximate surface area is 284 Å². The van der Waals surface area contributed by atoms with Gasteiger partial charge in [0.1, 0.15) is 41.1 Å². The molecule has 2 fully saturated rings. The normalized spacial score (nSPS) is 13.8. The van der Waals surface area contributed by atoms with E-state index in [0.29, 0.717) is 23.9 Å². The first-order chi connectivity index (χ1) is 21.0. The van der Waals surface area contributed by atoms with Gasteiger partial charge in [0.15, 0.2) is 0 Å². The molecule has 12 heteroatoms. The second-order valence-corrected chi connectivity index (χ2v) is 10.5. The number of benzene rings is 2. The summed E-state index contributed by atoms with van der Waals surface area (Å²) in [7, 11) is 2.35. The van der Waals surface area contributed by atoms with E-state index < -0.39 is 0 Å². The van der Waals surface area contributed by atoms with Crippen molar-refractivity contribution in [1.82, 2.24) is 19.9 Å². The third-order valence-electron chi connectivity index (χ3n) is 7.30. The van der Waals surface area contributed by atoms with Crippen molar-refractivity contribution in [3.05, 3.63) is 100 Å². The van der Waals surface area contributed by atoms with Crippen molar-refractivity contribution in [3.8, 4) is 5.88 Å². The molecular formula is C32H36ClF2N6NaO2. The molecule has 2 saturated heterocycles. The molecule has 0 N–H and O–H groups in total. The zero-order chi connectivity index (χ0) is 30.6. The molecular weight excluding hydrogens is 597 g/mol. The molecule has 0 radical (unpaired) electrons. The standard InChI is InChI=1S/C16H18FN3O.C15H15ClFN3.CH3O.Na/c1-21-16-14(10-12-5-4-6-13(17)9-12)15(18-11-19-16)20-7-2-3-8-20;16-14-13(9-11-4-3-5-12(17)8-11)15(19-10-18-14)20-6-1-2-7-20;1-2;/h4-6,9,11H,2-3,7-8,10H2,1H3;3-5,8,10H,1-2,6-7,9H2;1H3;/q;;-1;+1. The summed E-state index contributed by atoms with van der Waals surface area (Å²) in [6.45, 7) is 3.97. The van der Waals surface area contributed by atoms with E-state index in [4.69, 9.17) is 21.4 Å². The van der Waals surface area contributed by atoms with Crippen LogP contribution in [0.2, 0.25) is 5.15 Å². The van der Waals surface area contributed by atoms with Crippen molar-refractivity contribution in [2.45, 2.75) is 38.5 Å². The van der Waals surface area contributed by atoms with Gasteiger partial charge in [0.05, 0.1) is 12.7 Å². The topological polar surface area (TPSA) is 90.3 Å². The minimum atomic E-state index is -0.238. The number of hydrogen-bond acceptors (Lipinski definition) is 8. The molecule has 0 atom stereocenters. The third-order valence-corrected chi connectivity index (χ3v) is 7.62. The molecule has 2 aliphatic rings. The van der Waals surface area contributed by atoms with E-state index in [0.717, 1.165) is 67.2 Å². The summed E-state index contributed by atoms with van der Waals surface area (Å²) in [4.78, 5) is 21.5. The van der Waals surface area contributed by atoms with Crippen LogP contribution in [0.25, 0.3) is 0 Å². The summed E-state index contributed by atoms with van der Waals surface area (Å²) in [6, 6.07) is 13.2. The van der Waals surface area contributed by atoms with Crippen LogP contribution in [0.15, 0.2) is 61.2 Å². The molecule has 8 nitrogen and oxygen atoms in total. The average molecular weight is 633 g/mol. The average Bonchev–Trinajstić information content (AvgIpc) is 3.75. The van der Waals surface area contributed by atoms with Crippen molar-refractivity contribution in [1.29, 1.82) is 0 Å². The number of methoxy groups -OCH3 is 1. The van der Waals surface area contributed by atoms with Gasteiger partial charge in [0.25, 0.3) is 0 Å². The van der Waals surface area contributed by atoms with Crippen LogP contribution in [0.1, 0.15) is 47.9 Å². The first-order valence-electron chi connectivity index (χ1n) is 14.3. The summed E-state index contributed by atoms with van der Waals surface area (Å²) in [6.07, 6.45) is 8.81. The van der Waals surface area contributed by atoms with E-state index in [1.165, 1.54) is 56.5 Å². The van der Waals surface area contributed by atoms with Crippen molar-refractivity contribution in [2.75, 3.05) is 50.2 Å². The fraction of sp³-hybridized carbons (Fsp3) is 0.375. The van der Waals surface area contributed by atoms with Gasteiger partial charge in [-0.25, -0.2) is 28.7 Å². The second-order valence-electron chi connectivity index (χ2n) is 10.2. The molecule has 228 valence electrons. The van der Waals surface area contributed by atoms with E-state index in [1.54, 1.807) is 25.3 Å². The van der Waals surface area contributed by atoms with E-state index in [-0.39, 0.29) is 41.2 Å². The van der Waals surface area contributed by atoms with E-state index in [2.05, 4.69) is 29.7 Å². The summed E-state index contributed by atoms with van der Waals surface area (Å²) in [5.41, 5.74) is 3.57. The quantitative estimate of drug-likeness (QED) is 0.227. The van der Waals surface area contributed by atoms with Gasteiger partial charge in [-0.05, 0) is 61.1 Å². The smallest absolute Gasteiger partial charge is 0.857 e. The van der Waals surface area contributed by atoms with Gasteiger partial charge in [-0.3, -0.25) is 0 Å². The summed E-state index contributed by atoms with van der Waals surface area (Å²) >= 11 is 6.23. The minimum absolute atomic E-state index is 0. The predicted octanol–water partition coefficient (Wildman–Crippen LogP) is 2.26. The fourth-order valence-corrected chi connectivity index (χ4v) is 5.55. The second kappa shape index (κ2) is 18.2. The number of nitrogens with zero attached hydrogens (tertiary/aromatic N) is 6. The third kappa shape index (κ3) is 9.55. The van der Waals surface area contributed by atoms with Crippen LogP contribution in [0.5, 0.6) is 5.88 Å². The number of ether oxygens (including phenoxy) is 1. The van der Waals surface area contributed by atoms with Crippen molar-refractivity contribution in [2.24, 2.45) is 0 Å². The largest absolute Gasteiger partial charge is 1.00 e. The zero-order valence-electron chi connectivity index (χ0n) is 25.5. The van der Waals surface area contributed by atoms with Crippen LogP contribution in [0, 0.1) is 11.6 Å². The van der Waals surface area contributed by atoms with Crippen LogP contribution in [-0.2, 0) is 12.8 Å². The molecule has 4 heterocycles. The molecule has 2 aliphatic heterocycles. The van der Waals surface area contributed by atoms with Gasteiger partial charge in [-0.1, -0.05) is 35.9 Å². The molecule has 2 aromatic heterocycles. The van der Waals surface area contributed by atoms with E-state index >= 15 is 0 Å². The minimum Gasteiger partial charge on any atom is -0.857 e. The summed E-state index contributed by atoms with van der Waals surface area (Å²) < 4.78 is 32.1. The summed E-state index contributed by atoms with van der Waals surface area (Å²) in [5.74, 6) is 1.88. The SMILES string of the molecule is COc1ncnc(N2CCCC2)c1Cc1cccc(F)c1.C[O-].Fc1cccc(Cc2c(Cl)ncnc2N2CCCC2)c1.[Na+]. The van der Waals surface area contributed by atoms with Gasteiger partial charge in [0.2, 0.25) is 5.88 Å². The van der Waals surface area contributed by atoms with Gasteiger partial charge in [-0.15, -0.1) is 0 Å². The summed E-state index contributed by atoms with van der Waals surface area (Å²) in [5, 5.41) is 8.70. The van der Waals surface area contributed by atoms with Crippen molar-refractivity contribution < 1.29 is 48.2 Å². The Morgan fingerprint density at radius 3 is 1.66 bits per heavy atom. The number of hydrogen-bond donors (Lipinski definition) is 0. The fourth-order valence-electron chi connectivity index (χ4n) is 5.36. The Morgan fingerprint density at radius 2 is 1.18 bits per heavy atom. The number of halogens is 3. The van der Waals surface area contributed by atoms with Gasteiger partial charge < -0.3 is 19.6 Å². The Morgan fingerprint density at radius 1 is 0.727 bits per heavy atom. The molecule has 0 unspecified atom stereocenters. The number of anilines is 2. The molecule has 2 aromatic carbocycles.